The first-order valence-corrected chi connectivity index (χ1v) is 6.92. The summed E-state index contributed by atoms with van der Waals surface area (Å²) in [6, 6.07) is 11.3. The molecule has 3 nitrogen and oxygen atoms in total. The number of carbonyl (C=O) groups is 1. The van der Waals surface area contributed by atoms with Crippen LogP contribution in [0, 0.1) is 5.82 Å². The van der Waals surface area contributed by atoms with Gasteiger partial charge in [0.15, 0.2) is 0 Å². The molecule has 0 amide bonds. The van der Waals surface area contributed by atoms with Gasteiger partial charge in [0.05, 0.1) is 17.9 Å². The number of ether oxygens (including phenoxy) is 1. The lowest BCUT2D eigenvalue weighted by molar-refractivity contribution is 0.0527. The Bertz CT molecular complexity index is 631. The zero-order valence-electron chi connectivity index (χ0n) is 10.9. The number of rotatable bonds is 4. The van der Waals surface area contributed by atoms with E-state index in [1.54, 1.807) is 37.3 Å². The van der Waals surface area contributed by atoms with Crippen molar-refractivity contribution in [3.05, 3.63) is 53.8 Å². The largest absolute Gasteiger partial charge is 0.462 e. The second kappa shape index (κ2) is 6.43. The summed E-state index contributed by atoms with van der Waals surface area (Å²) in [5, 5.41) is 0. The van der Waals surface area contributed by atoms with Gasteiger partial charge in [0.2, 0.25) is 0 Å². The summed E-state index contributed by atoms with van der Waals surface area (Å²) >= 11 is 1.31. The van der Waals surface area contributed by atoms with Crippen LogP contribution in [0.25, 0.3) is 0 Å². The molecular formula is C15H14FNO2S. The smallest absolute Gasteiger partial charge is 0.340 e. The van der Waals surface area contributed by atoms with E-state index in [4.69, 9.17) is 10.5 Å². The van der Waals surface area contributed by atoms with Crippen LogP contribution in [0.2, 0.25) is 0 Å². The van der Waals surface area contributed by atoms with Crippen LogP contribution in [0.4, 0.5) is 10.1 Å². The summed E-state index contributed by atoms with van der Waals surface area (Å²) in [5.74, 6) is -0.762. The van der Waals surface area contributed by atoms with Crippen LogP contribution in [-0.2, 0) is 4.74 Å². The number of hydrogen-bond acceptors (Lipinski definition) is 4. The number of para-hydroxylation sites is 1. The second-order valence-electron chi connectivity index (χ2n) is 4.00. The van der Waals surface area contributed by atoms with Crippen molar-refractivity contribution in [2.45, 2.75) is 16.7 Å². The highest BCUT2D eigenvalue weighted by atomic mass is 32.2. The minimum Gasteiger partial charge on any atom is -0.462 e. The third-order valence-corrected chi connectivity index (χ3v) is 3.65. The summed E-state index contributed by atoms with van der Waals surface area (Å²) in [7, 11) is 0. The number of carbonyl (C=O) groups excluding carboxylic acids is 1. The number of halogens is 1. The fourth-order valence-electron chi connectivity index (χ4n) is 1.68. The average molecular weight is 291 g/mol. The fraction of sp³-hybridized carbons (Fsp3) is 0.133. The third-order valence-electron chi connectivity index (χ3n) is 2.59. The van der Waals surface area contributed by atoms with Gasteiger partial charge in [-0.3, -0.25) is 0 Å². The van der Waals surface area contributed by atoms with Gasteiger partial charge in [-0.05, 0) is 37.3 Å². The van der Waals surface area contributed by atoms with E-state index >= 15 is 0 Å². The second-order valence-corrected chi connectivity index (χ2v) is 5.11. The molecule has 5 heteroatoms. The van der Waals surface area contributed by atoms with Gasteiger partial charge < -0.3 is 10.5 Å². The lowest BCUT2D eigenvalue weighted by Gasteiger charge is -2.10. The molecule has 0 unspecified atom stereocenters. The number of esters is 1. The molecular weight excluding hydrogens is 277 g/mol. The Morgan fingerprint density at radius 3 is 2.75 bits per heavy atom. The summed E-state index contributed by atoms with van der Waals surface area (Å²) in [6.07, 6.45) is 0. The molecule has 0 spiro atoms. The molecule has 0 atom stereocenters. The van der Waals surface area contributed by atoms with E-state index in [1.165, 1.54) is 23.9 Å². The van der Waals surface area contributed by atoms with E-state index in [-0.39, 0.29) is 5.82 Å². The van der Waals surface area contributed by atoms with Gasteiger partial charge >= 0.3 is 5.97 Å². The normalized spacial score (nSPS) is 10.3. The van der Waals surface area contributed by atoms with E-state index in [9.17, 15) is 9.18 Å². The summed E-state index contributed by atoms with van der Waals surface area (Å²) in [4.78, 5) is 13.2. The Hall–Kier alpha value is -2.01. The highest BCUT2D eigenvalue weighted by Gasteiger charge is 2.14. The summed E-state index contributed by atoms with van der Waals surface area (Å²) < 4.78 is 18.1. The number of nitrogen functional groups attached to an aromatic ring is 1. The molecule has 0 radical (unpaired) electrons. The monoisotopic (exact) mass is 291 g/mol. The Labute approximate surface area is 120 Å². The molecule has 0 heterocycles. The molecule has 104 valence electrons. The Morgan fingerprint density at radius 1 is 1.30 bits per heavy atom. The van der Waals surface area contributed by atoms with Crippen LogP contribution >= 0.6 is 11.8 Å². The zero-order valence-corrected chi connectivity index (χ0v) is 11.7. The first kappa shape index (κ1) is 14.4. The van der Waals surface area contributed by atoms with Crippen LogP contribution < -0.4 is 5.73 Å². The van der Waals surface area contributed by atoms with Crippen molar-refractivity contribution in [3.8, 4) is 0 Å². The highest BCUT2D eigenvalue weighted by Crippen LogP contribution is 2.34. The standard InChI is InChI=1S/C15H14FNO2S/c1-2-19-15(18)12-7-4-8-13(14(12)17)20-11-6-3-5-10(16)9-11/h3-9H,2,17H2,1H3. The van der Waals surface area contributed by atoms with Crippen LogP contribution in [-0.4, -0.2) is 12.6 Å². The fourth-order valence-corrected chi connectivity index (χ4v) is 2.62. The molecule has 2 rings (SSSR count). The summed E-state index contributed by atoms with van der Waals surface area (Å²) in [6.45, 7) is 2.03. The SMILES string of the molecule is CCOC(=O)c1cccc(Sc2cccc(F)c2)c1N. The van der Waals surface area contributed by atoms with E-state index in [0.29, 0.717) is 22.8 Å². The van der Waals surface area contributed by atoms with E-state index in [0.717, 1.165) is 4.90 Å². The van der Waals surface area contributed by atoms with E-state index in [2.05, 4.69) is 0 Å². The Morgan fingerprint density at radius 2 is 2.05 bits per heavy atom. The lowest BCUT2D eigenvalue weighted by Crippen LogP contribution is -2.08. The number of benzene rings is 2. The number of anilines is 1. The maximum absolute atomic E-state index is 13.2. The molecule has 0 fully saturated rings. The van der Waals surface area contributed by atoms with E-state index < -0.39 is 5.97 Å². The minimum absolute atomic E-state index is 0.291. The van der Waals surface area contributed by atoms with Gasteiger partial charge in [0, 0.05) is 9.79 Å². The van der Waals surface area contributed by atoms with Gasteiger partial charge in [0.25, 0.3) is 0 Å². The van der Waals surface area contributed by atoms with Crippen LogP contribution in [0.3, 0.4) is 0 Å². The average Bonchev–Trinajstić information content (AvgIpc) is 2.41. The summed E-state index contributed by atoms with van der Waals surface area (Å²) in [5.41, 5.74) is 6.66. The van der Waals surface area contributed by atoms with Crippen molar-refractivity contribution in [1.82, 2.24) is 0 Å². The van der Waals surface area contributed by atoms with Crippen molar-refractivity contribution >= 4 is 23.4 Å². The van der Waals surface area contributed by atoms with Crippen molar-refractivity contribution in [3.63, 3.8) is 0 Å². The van der Waals surface area contributed by atoms with Gasteiger partial charge in [-0.1, -0.05) is 23.9 Å². The number of hydrogen-bond donors (Lipinski definition) is 1. The molecule has 20 heavy (non-hydrogen) atoms. The Kier molecular flexibility index (Phi) is 4.63. The van der Waals surface area contributed by atoms with Gasteiger partial charge in [-0.25, -0.2) is 9.18 Å². The van der Waals surface area contributed by atoms with Crippen molar-refractivity contribution in [2.75, 3.05) is 12.3 Å². The molecule has 0 aliphatic rings. The quantitative estimate of drug-likeness (QED) is 0.688. The molecule has 2 aromatic carbocycles. The maximum atomic E-state index is 13.2. The van der Waals surface area contributed by atoms with E-state index in [1.807, 2.05) is 0 Å². The van der Waals surface area contributed by atoms with Crippen LogP contribution in [0.1, 0.15) is 17.3 Å². The molecule has 2 aromatic rings. The van der Waals surface area contributed by atoms with Crippen LogP contribution in [0.15, 0.2) is 52.3 Å². The molecule has 0 aliphatic carbocycles. The predicted octanol–water partition coefficient (Wildman–Crippen LogP) is 3.74. The minimum atomic E-state index is -0.452. The van der Waals surface area contributed by atoms with Gasteiger partial charge in [-0.2, -0.15) is 0 Å². The third kappa shape index (κ3) is 3.30. The zero-order chi connectivity index (χ0) is 14.5. The van der Waals surface area contributed by atoms with Gasteiger partial charge in [0.1, 0.15) is 5.82 Å². The molecule has 2 N–H and O–H groups in total. The highest BCUT2D eigenvalue weighted by molar-refractivity contribution is 7.99. The molecule has 0 saturated carbocycles. The topological polar surface area (TPSA) is 52.3 Å². The first-order chi connectivity index (χ1) is 9.61. The van der Waals surface area contributed by atoms with Crippen molar-refractivity contribution in [2.24, 2.45) is 0 Å². The molecule has 0 bridgehead atoms. The van der Waals surface area contributed by atoms with Crippen molar-refractivity contribution in [1.29, 1.82) is 0 Å². The first-order valence-electron chi connectivity index (χ1n) is 6.11. The molecule has 0 aliphatic heterocycles. The van der Waals surface area contributed by atoms with Crippen molar-refractivity contribution < 1.29 is 13.9 Å². The molecule has 0 aromatic heterocycles. The Balaban J connectivity index is 2.29. The van der Waals surface area contributed by atoms with Gasteiger partial charge in [-0.15, -0.1) is 0 Å². The maximum Gasteiger partial charge on any atom is 0.340 e. The molecule has 0 saturated heterocycles. The number of nitrogens with two attached hydrogens (primary N) is 1. The predicted molar refractivity (Wildman–Crippen MR) is 77.3 cm³/mol. The lowest BCUT2D eigenvalue weighted by atomic mass is 10.2. The van der Waals surface area contributed by atoms with Crippen LogP contribution in [0.5, 0.6) is 0 Å².